The van der Waals surface area contributed by atoms with Gasteiger partial charge in [-0.2, -0.15) is 0 Å². The van der Waals surface area contributed by atoms with Crippen LogP contribution in [-0.2, 0) is 9.53 Å². The summed E-state index contributed by atoms with van der Waals surface area (Å²) in [5.74, 6) is 3.45. The maximum atomic E-state index is 11.2. The van der Waals surface area contributed by atoms with E-state index in [9.17, 15) is 4.79 Å². The number of carbonyl (C=O) groups excluding carboxylic acids is 1. The summed E-state index contributed by atoms with van der Waals surface area (Å²) in [5.41, 5.74) is 10.4. The Hall–Kier alpha value is -2.90. The molecule has 46 heavy (non-hydrogen) atoms. The van der Waals surface area contributed by atoms with Gasteiger partial charge in [-0.05, 0) is 107 Å². The molecule has 0 radical (unpaired) electrons. The SMILES string of the molecule is CC(=O)C1=C(C)C=C(C)CC1C.CCC1=CN=CC=C=C1C.CCCC(C)C.CCCC(C)CCC.COC1=CCC=C(C)C=C1. The Labute approximate surface area is 286 Å². The lowest BCUT2D eigenvalue weighted by atomic mass is 9.83. The smallest absolute Gasteiger partial charge is 0.156 e. The zero-order chi connectivity index (χ0) is 35.5. The van der Waals surface area contributed by atoms with Crippen LogP contribution in [0.3, 0.4) is 0 Å². The Balaban J connectivity index is 0. The third kappa shape index (κ3) is 23.4. The minimum atomic E-state index is 0.226. The molecule has 1 unspecified atom stereocenters. The zero-order valence-corrected chi connectivity index (χ0v) is 32.5. The third-order valence-electron chi connectivity index (χ3n) is 7.88. The molecule has 0 spiro atoms. The summed E-state index contributed by atoms with van der Waals surface area (Å²) < 4.78 is 5.06. The number of nitrogens with zero attached hydrogens (tertiary/aromatic N) is 1. The number of aliphatic imine (C=N–C) groups is 1. The predicted molar refractivity (Wildman–Crippen MR) is 206 cm³/mol. The van der Waals surface area contributed by atoms with Crippen LogP contribution in [-0.4, -0.2) is 19.1 Å². The molecule has 0 saturated heterocycles. The summed E-state index contributed by atoms with van der Waals surface area (Å²) in [6.45, 7) is 27.8. The molecule has 2 aliphatic carbocycles. The fraction of sp³-hybridized carbons (Fsp3) is 0.605. The standard InChI is InChI=1S/C11H16O.C9H11N.C9H12O.C8H18.C6H14/c1-7-5-8(2)11(10(4)12)9(3)6-7;1-3-9-7-10-6-4-5-8(9)2;1-8-4-3-5-9(10-2)7-6-8;1-4-6-8(3)7-5-2;1-4-5-6(2)3/h5,9H,6H2,1-4H3;4,6-7H,3H2,1-2H3;4-7H,3H2,1-2H3;8H,4-7H2,1-3H3;6H,4-5H2,1-3H3. The molecule has 1 heterocycles. The van der Waals surface area contributed by atoms with Crippen LogP contribution in [0, 0.1) is 17.8 Å². The molecule has 1 atom stereocenters. The molecular weight excluding hydrogens is 562 g/mol. The first-order valence-electron chi connectivity index (χ1n) is 17.9. The van der Waals surface area contributed by atoms with E-state index < -0.39 is 0 Å². The van der Waals surface area contributed by atoms with Crippen molar-refractivity contribution in [3.8, 4) is 0 Å². The normalized spacial score (nSPS) is 16.7. The van der Waals surface area contributed by atoms with Gasteiger partial charge in [0, 0.05) is 18.0 Å². The van der Waals surface area contributed by atoms with Gasteiger partial charge < -0.3 is 4.74 Å². The Morgan fingerprint density at radius 2 is 1.57 bits per heavy atom. The lowest BCUT2D eigenvalue weighted by Crippen LogP contribution is -2.13. The fourth-order valence-corrected chi connectivity index (χ4v) is 5.56. The Morgan fingerprint density at radius 3 is 2.02 bits per heavy atom. The van der Waals surface area contributed by atoms with Crippen LogP contribution in [0.4, 0.5) is 0 Å². The Morgan fingerprint density at radius 1 is 0.957 bits per heavy atom. The molecule has 1 aliphatic heterocycles. The van der Waals surface area contributed by atoms with Crippen molar-refractivity contribution < 1.29 is 9.53 Å². The molecule has 3 rings (SSSR count). The van der Waals surface area contributed by atoms with Crippen molar-refractivity contribution in [3.63, 3.8) is 0 Å². The molecule has 0 aromatic heterocycles. The van der Waals surface area contributed by atoms with Crippen LogP contribution in [0.15, 0.2) is 92.6 Å². The molecule has 0 fully saturated rings. The molecule has 0 bridgehead atoms. The highest BCUT2D eigenvalue weighted by Gasteiger charge is 2.19. The number of hydrogen-bond acceptors (Lipinski definition) is 3. The zero-order valence-electron chi connectivity index (χ0n) is 32.5. The summed E-state index contributed by atoms with van der Waals surface area (Å²) in [5, 5.41) is 0. The van der Waals surface area contributed by atoms with Crippen LogP contribution in [0.5, 0.6) is 0 Å². The van der Waals surface area contributed by atoms with Gasteiger partial charge in [-0.25, -0.2) is 0 Å². The second-order valence-corrected chi connectivity index (χ2v) is 13.2. The van der Waals surface area contributed by atoms with Gasteiger partial charge in [-0.1, -0.05) is 123 Å². The summed E-state index contributed by atoms with van der Waals surface area (Å²) in [6.07, 6.45) is 27.2. The number of hydrogen-bond donors (Lipinski definition) is 0. The molecule has 260 valence electrons. The molecule has 3 aliphatic rings. The quantitative estimate of drug-likeness (QED) is 0.237. The molecule has 0 amide bonds. The summed E-state index contributed by atoms with van der Waals surface area (Å²) in [6, 6.07) is 0. The van der Waals surface area contributed by atoms with E-state index in [4.69, 9.17) is 4.74 Å². The Bertz CT molecular complexity index is 1140. The second-order valence-electron chi connectivity index (χ2n) is 13.2. The minimum Gasteiger partial charge on any atom is -0.497 e. The van der Waals surface area contributed by atoms with Crippen molar-refractivity contribution in [2.45, 2.75) is 148 Å². The van der Waals surface area contributed by atoms with Crippen molar-refractivity contribution in [2.75, 3.05) is 7.11 Å². The van der Waals surface area contributed by atoms with Crippen molar-refractivity contribution in [2.24, 2.45) is 22.7 Å². The van der Waals surface area contributed by atoms with Gasteiger partial charge in [0.2, 0.25) is 0 Å². The van der Waals surface area contributed by atoms with E-state index in [2.05, 4.69) is 111 Å². The second kappa shape index (κ2) is 28.3. The maximum Gasteiger partial charge on any atom is 0.156 e. The van der Waals surface area contributed by atoms with Crippen molar-refractivity contribution in [1.29, 1.82) is 0 Å². The van der Waals surface area contributed by atoms with Crippen molar-refractivity contribution in [1.82, 2.24) is 0 Å². The number of ether oxygens (including phenoxy) is 1. The van der Waals surface area contributed by atoms with Gasteiger partial charge in [0.25, 0.3) is 0 Å². The minimum absolute atomic E-state index is 0.226. The number of methoxy groups -OCH3 is 1. The number of carbonyl (C=O) groups is 1. The largest absolute Gasteiger partial charge is 0.497 e. The predicted octanol–water partition coefficient (Wildman–Crippen LogP) is 13.4. The van der Waals surface area contributed by atoms with Crippen LogP contribution >= 0.6 is 0 Å². The lowest BCUT2D eigenvalue weighted by Gasteiger charge is -2.21. The molecule has 3 nitrogen and oxygen atoms in total. The van der Waals surface area contributed by atoms with Crippen LogP contribution in [0.25, 0.3) is 0 Å². The van der Waals surface area contributed by atoms with Gasteiger partial charge in [0.15, 0.2) is 5.78 Å². The maximum absolute atomic E-state index is 11.2. The first-order valence-corrected chi connectivity index (χ1v) is 17.9. The number of ketones is 1. The first kappa shape index (κ1) is 45.2. The lowest BCUT2D eigenvalue weighted by molar-refractivity contribution is -0.114. The first-order chi connectivity index (χ1) is 21.8. The highest BCUT2D eigenvalue weighted by Crippen LogP contribution is 2.29. The molecule has 3 heteroatoms. The number of Topliss-reactive ketones (excluding diaryl/α,β-unsaturated/α-hetero) is 1. The fourth-order valence-electron chi connectivity index (χ4n) is 5.56. The van der Waals surface area contributed by atoms with Gasteiger partial charge in [-0.3, -0.25) is 9.79 Å². The van der Waals surface area contributed by atoms with Crippen LogP contribution in [0.2, 0.25) is 0 Å². The number of rotatable bonds is 9. The highest BCUT2D eigenvalue weighted by atomic mass is 16.5. The van der Waals surface area contributed by atoms with Crippen LogP contribution in [0.1, 0.15) is 148 Å². The molecule has 0 N–H and O–H groups in total. The van der Waals surface area contributed by atoms with Gasteiger partial charge in [0.05, 0.1) is 7.11 Å². The highest BCUT2D eigenvalue weighted by molar-refractivity contribution is 5.95. The van der Waals surface area contributed by atoms with E-state index in [-0.39, 0.29) is 5.78 Å². The molecule has 0 aromatic carbocycles. The van der Waals surface area contributed by atoms with Crippen LogP contribution < -0.4 is 0 Å². The van der Waals surface area contributed by atoms with Crippen molar-refractivity contribution in [3.05, 3.63) is 87.6 Å². The Kier molecular flexibility index (Phi) is 27.9. The van der Waals surface area contributed by atoms with E-state index >= 15 is 0 Å². The third-order valence-corrected chi connectivity index (χ3v) is 7.88. The van der Waals surface area contributed by atoms with Gasteiger partial charge in [-0.15, -0.1) is 5.73 Å². The van der Waals surface area contributed by atoms with Crippen molar-refractivity contribution >= 4 is 12.0 Å². The van der Waals surface area contributed by atoms with E-state index in [0.29, 0.717) is 5.92 Å². The summed E-state index contributed by atoms with van der Waals surface area (Å²) in [7, 11) is 1.69. The van der Waals surface area contributed by atoms with Gasteiger partial charge >= 0.3 is 0 Å². The monoisotopic (exact) mass is 634 g/mol. The average Bonchev–Trinajstić information content (AvgIpc) is 3.32. The summed E-state index contributed by atoms with van der Waals surface area (Å²) >= 11 is 0. The van der Waals surface area contributed by atoms with E-state index in [1.807, 2.05) is 25.3 Å². The van der Waals surface area contributed by atoms with Gasteiger partial charge in [0.1, 0.15) is 5.76 Å². The topological polar surface area (TPSA) is 38.7 Å². The molecule has 0 aromatic rings. The molecule has 0 saturated carbocycles. The number of allylic oxidation sites excluding steroid dienone is 11. The average molecular weight is 634 g/mol. The summed E-state index contributed by atoms with van der Waals surface area (Å²) in [4.78, 5) is 15.3. The van der Waals surface area contributed by atoms with E-state index in [1.165, 1.54) is 60.8 Å². The van der Waals surface area contributed by atoms with E-state index in [1.54, 1.807) is 20.2 Å². The molecular formula is C43H71NO2. The van der Waals surface area contributed by atoms with E-state index in [0.717, 1.165) is 48.0 Å².